The second kappa shape index (κ2) is 9.16. The smallest absolute Gasteiger partial charge is 0.391 e. The van der Waals surface area contributed by atoms with Gasteiger partial charge >= 0.3 is 6.18 Å². The standard InChI is InChI=1S/C24H22ClF3N4O2S/c1-2-32-17-12-16(25)15(20(33)31-23(8-9-23)22(29)35)10-14(17)11-18(32)21(34)30-19(24(26,27)28)13-6-4-3-5-7-13/h3-7,10-12,19H,2,8-9H2,1H3,(H2,29,35)(H,30,34)(H,31,33). The van der Waals surface area contributed by atoms with E-state index in [0.717, 1.165) is 0 Å². The van der Waals surface area contributed by atoms with Crippen molar-refractivity contribution in [2.45, 2.75) is 44.1 Å². The lowest BCUT2D eigenvalue weighted by Gasteiger charge is -2.22. The monoisotopic (exact) mass is 522 g/mol. The number of nitrogens with two attached hydrogens (primary N) is 1. The molecule has 0 bridgehead atoms. The molecule has 1 saturated carbocycles. The predicted molar refractivity (Wildman–Crippen MR) is 132 cm³/mol. The average molecular weight is 523 g/mol. The number of amides is 2. The summed E-state index contributed by atoms with van der Waals surface area (Å²) in [5.74, 6) is -1.37. The Labute approximate surface area is 209 Å². The first-order chi connectivity index (χ1) is 16.5. The first-order valence-electron chi connectivity index (χ1n) is 10.8. The van der Waals surface area contributed by atoms with Crippen molar-refractivity contribution in [1.82, 2.24) is 15.2 Å². The SMILES string of the molecule is CCn1c(C(=O)NC(c2ccccc2)C(F)(F)F)cc2cc(C(=O)NC3(C(N)=S)CC3)c(Cl)cc21. The summed E-state index contributed by atoms with van der Waals surface area (Å²) in [6.45, 7) is 2.04. The van der Waals surface area contributed by atoms with Crippen LogP contribution in [0.25, 0.3) is 10.9 Å². The normalized spacial score (nSPS) is 15.5. The molecule has 4 rings (SSSR count). The number of carbonyl (C=O) groups is 2. The molecule has 4 N–H and O–H groups in total. The number of thiocarbonyl (C=S) groups is 1. The third-order valence-electron chi connectivity index (χ3n) is 6.09. The van der Waals surface area contributed by atoms with Gasteiger partial charge in [-0.05, 0) is 43.5 Å². The van der Waals surface area contributed by atoms with Crippen molar-refractivity contribution in [2.75, 3.05) is 0 Å². The van der Waals surface area contributed by atoms with Gasteiger partial charge in [-0.25, -0.2) is 0 Å². The number of fused-ring (bicyclic) bond motifs is 1. The van der Waals surface area contributed by atoms with Gasteiger partial charge in [0, 0.05) is 11.9 Å². The molecule has 184 valence electrons. The van der Waals surface area contributed by atoms with Crippen molar-refractivity contribution in [2.24, 2.45) is 5.73 Å². The lowest BCUT2D eigenvalue weighted by Crippen LogP contribution is -2.45. The topological polar surface area (TPSA) is 89.2 Å². The Morgan fingerprint density at radius 3 is 2.37 bits per heavy atom. The van der Waals surface area contributed by atoms with Crippen LogP contribution in [0.15, 0.2) is 48.5 Å². The summed E-state index contributed by atoms with van der Waals surface area (Å²) < 4.78 is 42.8. The summed E-state index contributed by atoms with van der Waals surface area (Å²) >= 11 is 11.4. The molecule has 1 aliphatic carbocycles. The van der Waals surface area contributed by atoms with Gasteiger partial charge in [-0.3, -0.25) is 9.59 Å². The molecule has 0 aliphatic heterocycles. The van der Waals surface area contributed by atoms with Gasteiger partial charge in [0.2, 0.25) is 0 Å². The number of aromatic nitrogens is 1. The van der Waals surface area contributed by atoms with E-state index >= 15 is 0 Å². The summed E-state index contributed by atoms with van der Waals surface area (Å²) in [4.78, 5) is 26.1. The maximum absolute atomic E-state index is 13.8. The summed E-state index contributed by atoms with van der Waals surface area (Å²) in [6.07, 6.45) is -3.44. The molecule has 1 unspecified atom stereocenters. The number of carbonyl (C=O) groups excluding carboxylic acids is 2. The zero-order valence-corrected chi connectivity index (χ0v) is 20.2. The minimum absolute atomic E-state index is 0.0168. The minimum atomic E-state index is -4.70. The van der Waals surface area contributed by atoms with Crippen molar-refractivity contribution in [3.05, 3.63) is 70.4 Å². The van der Waals surface area contributed by atoms with Gasteiger partial charge in [0.25, 0.3) is 11.8 Å². The lowest BCUT2D eigenvalue weighted by molar-refractivity contribution is -0.155. The number of nitrogens with zero attached hydrogens (tertiary/aromatic N) is 1. The molecular formula is C24H22ClF3N4O2S. The van der Waals surface area contributed by atoms with Crippen molar-refractivity contribution < 1.29 is 22.8 Å². The Kier molecular flexibility index (Phi) is 6.54. The van der Waals surface area contributed by atoms with Crippen LogP contribution in [-0.4, -0.2) is 33.1 Å². The summed E-state index contributed by atoms with van der Waals surface area (Å²) in [7, 11) is 0. The molecule has 1 fully saturated rings. The van der Waals surface area contributed by atoms with Crippen LogP contribution >= 0.6 is 23.8 Å². The van der Waals surface area contributed by atoms with E-state index in [-0.39, 0.29) is 26.8 Å². The predicted octanol–water partition coefficient (Wildman–Crippen LogP) is 4.90. The maximum Gasteiger partial charge on any atom is 0.412 e. The Morgan fingerprint density at radius 2 is 1.83 bits per heavy atom. The zero-order chi connectivity index (χ0) is 25.5. The number of hydrogen-bond acceptors (Lipinski definition) is 3. The molecule has 0 radical (unpaired) electrons. The molecule has 1 atom stereocenters. The van der Waals surface area contributed by atoms with Gasteiger partial charge in [0.1, 0.15) is 5.69 Å². The van der Waals surface area contributed by atoms with Crippen molar-refractivity contribution in [1.29, 1.82) is 0 Å². The highest BCUT2D eigenvalue weighted by atomic mass is 35.5. The molecule has 2 aromatic carbocycles. The minimum Gasteiger partial charge on any atom is -0.391 e. The molecule has 1 aromatic heterocycles. The van der Waals surface area contributed by atoms with Crippen molar-refractivity contribution in [3.63, 3.8) is 0 Å². The Hall–Kier alpha value is -3.11. The van der Waals surface area contributed by atoms with Crippen LogP contribution < -0.4 is 16.4 Å². The van der Waals surface area contributed by atoms with E-state index in [1.54, 1.807) is 17.6 Å². The van der Waals surface area contributed by atoms with Gasteiger partial charge in [0.05, 0.1) is 26.6 Å². The number of nitrogens with one attached hydrogen (secondary N) is 2. The summed E-state index contributed by atoms with van der Waals surface area (Å²) in [5, 5.41) is 5.52. The van der Waals surface area contributed by atoms with Gasteiger partial charge < -0.3 is 20.9 Å². The number of rotatable bonds is 7. The Balaban J connectivity index is 1.68. The maximum atomic E-state index is 13.8. The highest BCUT2D eigenvalue weighted by Crippen LogP contribution is 2.37. The van der Waals surface area contributed by atoms with Crippen LogP contribution in [0.4, 0.5) is 13.2 Å². The van der Waals surface area contributed by atoms with Crippen LogP contribution in [-0.2, 0) is 6.54 Å². The van der Waals surface area contributed by atoms with E-state index in [2.05, 4.69) is 10.6 Å². The van der Waals surface area contributed by atoms with Gasteiger partial charge in [-0.1, -0.05) is 54.2 Å². The first-order valence-corrected chi connectivity index (χ1v) is 11.6. The molecular weight excluding hydrogens is 501 g/mol. The van der Waals surface area contributed by atoms with Crippen LogP contribution in [0.3, 0.4) is 0 Å². The lowest BCUT2D eigenvalue weighted by atomic mass is 10.1. The molecule has 1 heterocycles. The quantitative estimate of drug-likeness (QED) is 0.385. The van der Waals surface area contributed by atoms with E-state index in [1.165, 1.54) is 42.5 Å². The third-order valence-corrected chi connectivity index (χ3v) is 6.80. The molecule has 0 saturated heterocycles. The van der Waals surface area contributed by atoms with Gasteiger partial charge in [0.15, 0.2) is 6.04 Å². The van der Waals surface area contributed by atoms with E-state index in [1.807, 2.05) is 0 Å². The Morgan fingerprint density at radius 1 is 1.17 bits per heavy atom. The van der Waals surface area contributed by atoms with E-state index in [9.17, 15) is 22.8 Å². The Bertz CT molecular complexity index is 1320. The van der Waals surface area contributed by atoms with E-state index in [4.69, 9.17) is 29.6 Å². The van der Waals surface area contributed by atoms with Crippen LogP contribution in [0, 0.1) is 0 Å². The summed E-state index contributed by atoms with van der Waals surface area (Å²) in [5.41, 5.74) is 5.60. The number of hydrogen-bond donors (Lipinski definition) is 3. The second-order valence-electron chi connectivity index (χ2n) is 8.42. The highest BCUT2D eigenvalue weighted by molar-refractivity contribution is 7.80. The molecule has 6 nitrogen and oxygen atoms in total. The highest BCUT2D eigenvalue weighted by Gasteiger charge is 2.47. The molecule has 11 heteroatoms. The van der Waals surface area contributed by atoms with Crippen molar-refractivity contribution >= 4 is 51.5 Å². The average Bonchev–Trinajstić information content (AvgIpc) is 3.50. The molecule has 3 aromatic rings. The number of benzene rings is 2. The molecule has 2 amide bonds. The fourth-order valence-electron chi connectivity index (χ4n) is 4.03. The van der Waals surface area contributed by atoms with Crippen LogP contribution in [0.5, 0.6) is 0 Å². The fraction of sp³-hybridized carbons (Fsp3) is 0.292. The fourth-order valence-corrected chi connectivity index (χ4v) is 4.53. The second-order valence-corrected chi connectivity index (χ2v) is 9.27. The molecule has 35 heavy (non-hydrogen) atoms. The first kappa shape index (κ1) is 25.0. The van der Waals surface area contributed by atoms with Gasteiger partial charge in [-0.2, -0.15) is 13.2 Å². The van der Waals surface area contributed by atoms with Crippen molar-refractivity contribution in [3.8, 4) is 0 Å². The number of aryl methyl sites for hydroxylation is 1. The largest absolute Gasteiger partial charge is 0.412 e. The van der Waals surface area contributed by atoms with E-state index in [0.29, 0.717) is 30.3 Å². The van der Waals surface area contributed by atoms with Crippen LogP contribution in [0.2, 0.25) is 5.02 Å². The van der Waals surface area contributed by atoms with E-state index < -0.39 is 29.6 Å². The third kappa shape index (κ3) is 4.85. The number of halogens is 4. The number of alkyl halides is 3. The van der Waals surface area contributed by atoms with Gasteiger partial charge in [-0.15, -0.1) is 0 Å². The van der Waals surface area contributed by atoms with Crippen LogP contribution in [0.1, 0.15) is 52.2 Å². The molecule has 1 aliphatic rings. The molecule has 0 spiro atoms. The zero-order valence-electron chi connectivity index (χ0n) is 18.6. The summed E-state index contributed by atoms with van der Waals surface area (Å²) in [6, 6.07) is 9.43.